The Hall–Kier alpha value is -3.53. The number of aromatic nitrogens is 2. The fourth-order valence-electron chi connectivity index (χ4n) is 3.01. The zero-order valence-corrected chi connectivity index (χ0v) is 13.9. The molecule has 0 unspecified atom stereocenters. The van der Waals surface area contributed by atoms with E-state index < -0.39 is 5.92 Å². The zero-order chi connectivity index (χ0) is 17.9. The minimum atomic E-state index is -1.01. The van der Waals surface area contributed by atoms with E-state index in [1.807, 2.05) is 36.4 Å². The van der Waals surface area contributed by atoms with Gasteiger partial charge >= 0.3 is 0 Å². The van der Waals surface area contributed by atoms with E-state index in [2.05, 4.69) is 9.97 Å². The van der Waals surface area contributed by atoms with Gasteiger partial charge in [-0.1, -0.05) is 72.8 Å². The van der Waals surface area contributed by atoms with Crippen LogP contribution in [0.3, 0.4) is 0 Å². The molecule has 0 radical (unpaired) electrons. The number of hydrogen-bond donors (Lipinski definition) is 1. The van der Waals surface area contributed by atoms with Crippen molar-refractivity contribution in [3.63, 3.8) is 0 Å². The van der Waals surface area contributed by atoms with Gasteiger partial charge in [-0.3, -0.25) is 9.59 Å². The average Bonchev–Trinajstić information content (AvgIpc) is 3.13. The second-order valence-corrected chi connectivity index (χ2v) is 6.03. The van der Waals surface area contributed by atoms with Gasteiger partial charge in [-0.25, -0.2) is 4.98 Å². The van der Waals surface area contributed by atoms with E-state index >= 15 is 0 Å². The molecule has 0 saturated heterocycles. The topological polar surface area (TPSA) is 62.8 Å². The second kappa shape index (κ2) is 6.76. The summed E-state index contributed by atoms with van der Waals surface area (Å²) in [5, 5.41) is 0. The van der Waals surface area contributed by atoms with E-state index in [9.17, 15) is 9.59 Å². The number of imidazole rings is 1. The lowest BCUT2D eigenvalue weighted by Gasteiger charge is -2.13. The number of carbonyl (C=O) groups excluding carboxylic acids is 2. The van der Waals surface area contributed by atoms with Crippen LogP contribution in [0.5, 0.6) is 0 Å². The maximum absolute atomic E-state index is 13.2. The lowest BCUT2D eigenvalue weighted by atomic mass is 9.89. The molecule has 0 aliphatic heterocycles. The average molecular weight is 340 g/mol. The number of nitrogens with one attached hydrogen (secondary N) is 1. The molecule has 4 nitrogen and oxygen atoms in total. The molecule has 0 bridgehead atoms. The van der Waals surface area contributed by atoms with Crippen LogP contribution in [-0.4, -0.2) is 21.5 Å². The maximum atomic E-state index is 13.2. The number of H-pyrrole nitrogens is 1. The van der Waals surface area contributed by atoms with Gasteiger partial charge in [0.1, 0.15) is 11.7 Å². The number of nitrogens with zero attached hydrogens (tertiary/aromatic N) is 1. The second-order valence-electron chi connectivity index (χ2n) is 6.03. The van der Waals surface area contributed by atoms with Gasteiger partial charge in [0.15, 0.2) is 11.6 Å². The summed E-state index contributed by atoms with van der Waals surface area (Å²) in [7, 11) is 0. The fourth-order valence-corrected chi connectivity index (χ4v) is 3.01. The maximum Gasteiger partial charge on any atom is 0.181 e. The molecule has 26 heavy (non-hydrogen) atoms. The van der Waals surface area contributed by atoms with Gasteiger partial charge in [0.05, 0.1) is 11.0 Å². The predicted molar refractivity (Wildman–Crippen MR) is 100 cm³/mol. The van der Waals surface area contributed by atoms with E-state index in [1.54, 1.807) is 48.5 Å². The molecule has 0 amide bonds. The molecule has 4 aromatic rings. The van der Waals surface area contributed by atoms with Crippen molar-refractivity contribution in [1.29, 1.82) is 0 Å². The Labute approximate surface area is 150 Å². The summed E-state index contributed by atoms with van der Waals surface area (Å²) in [6, 6.07) is 25.2. The molecular weight excluding hydrogens is 324 g/mol. The van der Waals surface area contributed by atoms with Crippen LogP contribution in [-0.2, 0) is 0 Å². The molecule has 0 fully saturated rings. The first-order valence-electron chi connectivity index (χ1n) is 8.37. The molecule has 3 aromatic carbocycles. The van der Waals surface area contributed by atoms with Crippen LogP contribution in [0.1, 0.15) is 32.5 Å². The normalized spacial score (nSPS) is 11.0. The monoisotopic (exact) mass is 340 g/mol. The Kier molecular flexibility index (Phi) is 4.15. The number of hydrogen-bond acceptors (Lipinski definition) is 3. The van der Waals surface area contributed by atoms with Crippen LogP contribution in [0.15, 0.2) is 84.9 Å². The van der Waals surface area contributed by atoms with Crippen molar-refractivity contribution in [2.24, 2.45) is 0 Å². The molecular formula is C22H16N2O2. The van der Waals surface area contributed by atoms with Gasteiger partial charge in [0.2, 0.25) is 0 Å². The minimum absolute atomic E-state index is 0.265. The molecule has 0 aliphatic carbocycles. The van der Waals surface area contributed by atoms with Crippen LogP contribution >= 0.6 is 0 Å². The molecule has 0 saturated carbocycles. The van der Waals surface area contributed by atoms with Gasteiger partial charge in [0.25, 0.3) is 0 Å². The zero-order valence-electron chi connectivity index (χ0n) is 13.9. The Balaban J connectivity index is 1.83. The van der Waals surface area contributed by atoms with Crippen LogP contribution in [0, 0.1) is 0 Å². The highest BCUT2D eigenvalue weighted by Gasteiger charge is 2.32. The van der Waals surface area contributed by atoms with Crippen LogP contribution in [0.2, 0.25) is 0 Å². The first-order valence-corrected chi connectivity index (χ1v) is 8.37. The third kappa shape index (κ3) is 2.93. The third-order valence-electron chi connectivity index (χ3n) is 4.32. The van der Waals surface area contributed by atoms with Gasteiger partial charge in [-0.05, 0) is 12.1 Å². The standard InChI is InChI=1S/C22H16N2O2/c25-20(15-9-3-1-4-10-15)19(21(26)16-11-5-2-6-12-16)22-23-17-13-7-8-14-18(17)24-22/h1-14,19H,(H,23,24). The third-order valence-corrected chi connectivity index (χ3v) is 4.32. The summed E-state index contributed by atoms with van der Waals surface area (Å²) < 4.78 is 0. The van der Waals surface area contributed by atoms with E-state index in [1.165, 1.54) is 0 Å². The van der Waals surface area contributed by atoms with Gasteiger partial charge < -0.3 is 4.98 Å². The summed E-state index contributed by atoms with van der Waals surface area (Å²) in [6.07, 6.45) is 0. The van der Waals surface area contributed by atoms with Crippen molar-refractivity contribution >= 4 is 22.6 Å². The number of rotatable bonds is 5. The number of carbonyl (C=O) groups is 2. The Morgan fingerprint density at radius 3 is 1.73 bits per heavy atom. The molecule has 0 spiro atoms. The molecule has 4 rings (SSSR count). The van der Waals surface area contributed by atoms with Gasteiger partial charge in [0, 0.05) is 11.1 Å². The molecule has 4 heteroatoms. The first kappa shape index (κ1) is 16.0. The summed E-state index contributed by atoms with van der Waals surface area (Å²) in [6.45, 7) is 0. The SMILES string of the molecule is O=C(c1ccccc1)C(C(=O)c1ccccc1)c1nc2ccccc2[nH]1. The number of Topliss-reactive ketones (excluding diaryl/α,β-unsaturated/α-hetero) is 2. The predicted octanol–water partition coefficient (Wildman–Crippen LogP) is 4.41. The molecule has 1 heterocycles. The highest BCUT2D eigenvalue weighted by molar-refractivity contribution is 6.19. The Morgan fingerprint density at radius 2 is 1.19 bits per heavy atom. The fraction of sp³-hybridized carbons (Fsp3) is 0.0455. The lowest BCUT2D eigenvalue weighted by molar-refractivity contribution is 0.0856. The van der Waals surface area contributed by atoms with Gasteiger partial charge in [-0.2, -0.15) is 0 Å². The summed E-state index contributed by atoms with van der Waals surface area (Å²) in [5.74, 6) is -1.17. The van der Waals surface area contributed by atoms with E-state index in [0.717, 1.165) is 11.0 Å². The smallest absolute Gasteiger partial charge is 0.181 e. The van der Waals surface area contributed by atoms with Crippen molar-refractivity contribution < 1.29 is 9.59 Å². The Morgan fingerprint density at radius 1 is 0.692 bits per heavy atom. The molecule has 1 aromatic heterocycles. The molecule has 126 valence electrons. The summed E-state index contributed by atoms with van der Waals surface area (Å²) >= 11 is 0. The Bertz CT molecular complexity index is 984. The number of fused-ring (bicyclic) bond motifs is 1. The number of para-hydroxylation sites is 2. The summed E-state index contributed by atoms with van der Waals surface area (Å²) in [4.78, 5) is 34.0. The van der Waals surface area contributed by atoms with Crippen LogP contribution in [0.25, 0.3) is 11.0 Å². The van der Waals surface area contributed by atoms with Crippen molar-refractivity contribution in [1.82, 2.24) is 9.97 Å². The van der Waals surface area contributed by atoms with Crippen molar-refractivity contribution in [3.05, 3.63) is 102 Å². The van der Waals surface area contributed by atoms with Crippen molar-refractivity contribution in [2.75, 3.05) is 0 Å². The molecule has 1 N–H and O–H groups in total. The summed E-state index contributed by atoms with van der Waals surface area (Å²) in [5.41, 5.74) is 2.51. The largest absolute Gasteiger partial charge is 0.341 e. The highest BCUT2D eigenvalue weighted by Crippen LogP contribution is 2.25. The van der Waals surface area contributed by atoms with E-state index in [4.69, 9.17) is 0 Å². The van der Waals surface area contributed by atoms with Crippen LogP contribution in [0.4, 0.5) is 0 Å². The number of ketones is 2. The van der Waals surface area contributed by atoms with Gasteiger partial charge in [-0.15, -0.1) is 0 Å². The highest BCUT2D eigenvalue weighted by atomic mass is 16.2. The molecule has 0 atom stereocenters. The number of benzene rings is 3. The quantitative estimate of drug-likeness (QED) is 0.432. The minimum Gasteiger partial charge on any atom is -0.341 e. The van der Waals surface area contributed by atoms with Crippen LogP contribution < -0.4 is 0 Å². The van der Waals surface area contributed by atoms with E-state index in [0.29, 0.717) is 17.0 Å². The van der Waals surface area contributed by atoms with Crippen molar-refractivity contribution in [2.45, 2.75) is 5.92 Å². The first-order chi connectivity index (χ1) is 12.7. The van der Waals surface area contributed by atoms with E-state index in [-0.39, 0.29) is 11.6 Å². The molecule has 0 aliphatic rings. The lowest BCUT2D eigenvalue weighted by Crippen LogP contribution is -2.23. The van der Waals surface area contributed by atoms with Crippen molar-refractivity contribution in [3.8, 4) is 0 Å². The number of aromatic amines is 1.